The van der Waals surface area contributed by atoms with Gasteiger partial charge in [-0.05, 0) is 31.2 Å². The summed E-state index contributed by atoms with van der Waals surface area (Å²) in [4.78, 5) is 5.35. The van der Waals surface area contributed by atoms with E-state index < -0.39 is 10.0 Å². The van der Waals surface area contributed by atoms with Gasteiger partial charge in [-0.25, -0.2) is 0 Å². The van der Waals surface area contributed by atoms with E-state index in [2.05, 4.69) is 14.9 Å². The Balaban J connectivity index is 1.91. The van der Waals surface area contributed by atoms with E-state index in [4.69, 9.17) is 16.3 Å². The Morgan fingerprint density at radius 1 is 1.24 bits per heavy atom. The number of para-hydroxylation sites is 1. The molecule has 2 N–H and O–H groups in total. The first-order valence-electron chi connectivity index (χ1n) is 7.38. The molecule has 1 heterocycles. The Bertz CT molecular complexity index is 1060. The van der Waals surface area contributed by atoms with Crippen LogP contribution in [0.1, 0.15) is 11.3 Å². The molecule has 0 fully saturated rings. The Labute approximate surface area is 150 Å². The quantitative estimate of drug-likeness (QED) is 0.527. The molecule has 0 unspecified atom stereocenters. The molecule has 0 amide bonds. The summed E-state index contributed by atoms with van der Waals surface area (Å²) in [5.74, 6) is 0.190. The van der Waals surface area contributed by atoms with Crippen LogP contribution in [0, 0.1) is 6.92 Å². The maximum Gasteiger partial charge on any atom is 0.280 e. The molecule has 0 saturated heterocycles. The van der Waals surface area contributed by atoms with E-state index in [1.54, 1.807) is 6.07 Å². The molecule has 0 radical (unpaired) electrons. The van der Waals surface area contributed by atoms with Crippen LogP contribution >= 0.6 is 11.6 Å². The molecule has 0 aliphatic heterocycles. The van der Waals surface area contributed by atoms with Gasteiger partial charge in [0, 0.05) is 27.2 Å². The number of halogens is 1. The van der Waals surface area contributed by atoms with E-state index in [1.807, 2.05) is 31.2 Å². The van der Waals surface area contributed by atoms with Gasteiger partial charge in [0.2, 0.25) is 0 Å². The van der Waals surface area contributed by atoms with Crippen LogP contribution in [0.4, 0.5) is 0 Å². The molecule has 6 nitrogen and oxygen atoms in total. The number of benzene rings is 2. The molecule has 0 aliphatic carbocycles. The highest BCUT2D eigenvalue weighted by Crippen LogP contribution is 2.27. The third-order valence-corrected chi connectivity index (χ3v) is 5.20. The summed E-state index contributed by atoms with van der Waals surface area (Å²) in [7, 11) is -2.52. The van der Waals surface area contributed by atoms with Crippen LogP contribution in [0.5, 0.6) is 5.75 Å². The van der Waals surface area contributed by atoms with Gasteiger partial charge >= 0.3 is 0 Å². The van der Waals surface area contributed by atoms with Crippen molar-refractivity contribution in [2.24, 2.45) is 5.10 Å². The molecule has 0 saturated carbocycles. The summed E-state index contributed by atoms with van der Waals surface area (Å²) >= 11 is 5.89. The van der Waals surface area contributed by atoms with Crippen molar-refractivity contribution in [2.75, 3.05) is 7.11 Å². The molecule has 0 atom stereocenters. The van der Waals surface area contributed by atoms with Gasteiger partial charge in [0.25, 0.3) is 10.0 Å². The minimum Gasteiger partial charge on any atom is -0.495 e. The number of ether oxygens (including phenoxy) is 1. The third-order valence-electron chi connectivity index (χ3n) is 3.73. The number of H-pyrrole nitrogens is 1. The van der Waals surface area contributed by atoms with Crippen molar-refractivity contribution in [3.63, 3.8) is 0 Å². The second-order valence-corrected chi connectivity index (χ2v) is 7.42. The van der Waals surface area contributed by atoms with E-state index in [9.17, 15) is 8.42 Å². The number of rotatable bonds is 5. The first-order valence-corrected chi connectivity index (χ1v) is 9.24. The molecule has 2 aromatic carbocycles. The summed E-state index contributed by atoms with van der Waals surface area (Å²) in [6.45, 7) is 1.90. The summed E-state index contributed by atoms with van der Waals surface area (Å²) in [5, 5.41) is 5.15. The molecule has 3 rings (SSSR count). The maximum atomic E-state index is 12.5. The lowest BCUT2D eigenvalue weighted by atomic mass is 10.1. The van der Waals surface area contributed by atoms with Crippen LogP contribution in [0.2, 0.25) is 5.02 Å². The van der Waals surface area contributed by atoms with Crippen molar-refractivity contribution in [2.45, 2.75) is 11.8 Å². The number of methoxy groups -OCH3 is 1. The molecule has 0 bridgehead atoms. The fourth-order valence-corrected chi connectivity index (χ4v) is 3.76. The minimum absolute atomic E-state index is 0.0738. The van der Waals surface area contributed by atoms with Crippen molar-refractivity contribution in [1.82, 2.24) is 9.82 Å². The number of hydrogen-bond acceptors (Lipinski definition) is 4. The summed E-state index contributed by atoms with van der Waals surface area (Å²) < 4.78 is 30.0. The van der Waals surface area contributed by atoms with Crippen molar-refractivity contribution >= 4 is 38.7 Å². The predicted molar refractivity (Wildman–Crippen MR) is 99.0 cm³/mol. The van der Waals surface area contributed by atoms with Crippen molar-refractivity contribution < 1.29 is 13.2 Å². The number of nitrogens with one attached hydrogen (secondary N) is 2. The summed E-state index contributed by atoms with van der Waals surface area (Å²) in [5.41, 5.74) is 2.67. The zero-order chi connectivity index (χ0) is 18.0. The van der Waals surface area contributed by atoms with Gasteiger partial charge < -0.3 is 9.72 Å². The Morgan fingerprint density at radius 3 is 2.76 bits per heavy atom. The van der Waals surface area contributed by atoms with E-state index in [0.717, 1.165) is 22.2 Å². The van der Waals surface area contributed by atoms with Crippen LogP contribution in [-0.2, 0) is 10.0 Å². The predicted octanol–water partition coefficient (Wildman–Crippen LogP) is 3.45. The number of hydrogen-bond donors (Lipinski definition) is 2. The number of aromatic amines is 1. The monoisotopic (exact) mass is 377 g/mol. The maximum absolute atomic E-state index is 12.5. The SMILES string of the molecule is COc1ccc(Cl)cc1S(=O)(=O)N/N=C/c1c(C)[nH]c2ccccc12. The smallest absolute Gasteiger partial charge is 0.280 e. The number of aromatic nitrogens is 1. The number of fused-ring (bicyclic) bond motifs is 1. The first-order chi connectivity index (χ1) is 11.9. The minimum atomic E-state index is -3.91. The normalized spacial score (nSPS) is 12.0. The molecular formula is C17H16ClN3O3S. The molecule has 25 heavy (non-hydrogen) atoms. The topological polar surface area (TPSA) is 83.6 Å². The van der Waals surface area contributed by atoms with Gasteiger partial charge in [0.1, 0.15) is 10.6 Å². The van der Waals surface area contributed by atoms with Gasteiger partial charge in [-0.2, -0.15) is 18.4 Å². The highest BCUT2D eigenvalue weighted by Gasteiger charge is 2.19. The molecule has 0 aliphatic rings. The van der Waals surface area contributed by atoms with Gasteiger partial charge in [-0.1, -0.05) is 29.8 Å². The number of sulfonamides is 1. The zero-order valence-electron chi connectivity index (χ0n) is 13.6. The molecule has 1 aromatic heterocycles. The van der Waals surface area contributed by atoms with Crippen LogP contribution in [0.15, 0.2) is 52.5 Å². The standard InChI is InChI=1S/C17H16ClN3O3S/c1-11-14(13-5-3-4-6-15(13)20-11)10-19-21-25(22,23)17-9-12(18)7-8-16(17)24-2/h3-10,20-21H,1-2H3/b19-10+. The van der Waals surface area contributed by atoms with Crippen LogP contribution in [0.25, 0.3) is 10.9 Å². The average Bonchev–Trinajstić information content (AvgIpc) is 2.90. The Hall–Kier alpha value is -2.51. The second-order valence-electron chi connectivity index (χ2n) is 5.36. The number of nitrogens with zero attached hydrogens (tertiary/aromatic N) is 1. The van der Waals surface area contributed by atoms with Gasteiger partial charge in [0.05, 0.1) is 13.3 Å². The van der Waals surface area contributed by atoms with Crippen molar-refractivity contribution in [3.8, 4) is 5.75 Å². The lowest BCUT2D eigenvalue weighted by molar-refractivity contribution is 0.402. The second kappa shape index (κ2) is 6.78. The van der Waals surface area contributed by atoms with Crippen molar-refractivity contribution in [1.29, 1.82) is 0 Å². The highest BCUT2D eigenvalue weighted by molar-refractivity contribution is 7.89. The third kappa shape index (κ3) is 3.47. The van der Waals surface area contributed by atoms with Gasteiger partial charge in [0.15, 0.2) is 0 Å². The van der Waals surface area contributed by atoms with E-state index >= 15 is 0 Å². The van der Waals surface area contributed by atoms with E-state index in [-0.39, 0.29) is 15.7 Å². The zero-order valence-corrected chi connectivity index (χ0v) is 15.1. The molecule has 8 heteroatoms. The fraction of sp³-hybridized carbons (Fsp3) is 0.118. The fourth-order valence-electron chi connectivity index (χ4n) is 2.53. The van der Waals surface area contributed by atoms with Gasteiger partial charge in [-0.3, -0.25) is 0 Å². The van der Waals surface area contributed by atoms with Crippen LogP contribution in [0.3, 0.4) is 0 Å². The van der Waals surface area contributed by atoms with E-state index in [0.29, 0.717) is 0 Å². The number of aryl methyl sites for hydroxylation is 1. The Kier molecular flexibility index (Phi) is 4.69. The first kappa shape index (κ1) is 17.3. The molecular weight excluding hydrogens is 362 g/mol. The van der Waals surface area contributed by atoms with Crippen LogP contribution in [-0.4, -0.2) is 26.7 Å². The number of hydrazone groups is 1. The Morgan fingerprint density at radius 2 is 2.00 bits per heavy atom. The van der Waals surface area contributed by atoms with Crippen molar-refractivity contribution in [3.05, 3.63) is 58.7 Å². The average molecular weight is 378 g/mol. The molecule has 130 valence electrons. The lowest BCUT2D eigenvalue weighted by Gasteiger charge is -2.09. The van der Waals surface area contributed by atoms with Gasteiger partial charge in [-0.15, -0.1) is 0 Å². The largest absolute Gasteiger partial charge is 0.495 e. The molecule has 0 spiro atoms. The highest BCUT2D eigenvalue weighted by atomic mass is 35.5. The van der Waals surface area contributed by atoms with E-state index in [1.165, 1.54) is 25.5 Å². The molecule has 3 aromatic rings. The summed E-state index contributed by atoms with van der Waals surface area (Å²) in [6.07, 6.45) is 1.47. The summed E-state index contributed by atoms with van der Waals surface area (Å²) in [6, 6.07) is 12.1. The van der Waals surface area contributed by atoms with Crippen LogP contribution < -0.4 is 9.57 Å². The lowest BCUT2D eigenvalue weighted by Crippen LogP contribution is -2.19.